The molecule has 0 amide bonds. The molecule has 1 aromatic carbocycles. The zero-order valence-corrected chi connectivity index (χ0v) is 12.3. The van der Waals surface area contributed by atoms with E-state index >= 15 is 0 Å². The lowest BCUT2D eigenvalue weighted by atomic mass is 10.1. The van der Waals surface area contributed by atoms with Crippen LogP contribution in [0, 0.1) is 6.92 Å². The number of benzene rings is 1. The summed E-state index contributed by atoms with van der Waals surface area (Å²) in [5.41, 5.74) is 2.85. The predicted molar refractivity (Wildman–Crippen MR) is 86.3 cm³/mol. The van der Waals surface area contributed by atoms with E-state index in [4.69, 9.17) is 16.6 Å². The summed E-state index contributed by atoms with van der Waals surface area (Å²) in [4.78, 5) is 11.4. The highest BCUT2D eigenvalue weighted by Gasteiger charge is 2.04. The Bertz CT molecular complexity index is 734. The van der Waals surface area contributed by atoms with E-state index in [2.05, 4.69) is 17.2 Å². The molecule has 4 nitrogen and oxygen atoms in total. The zero-order valence-electron chi connectivity index (χ0n) is 11.4. The predicted octanol–water partition coefficient (Wildman–Crippen LogP) is 2.96. The fourth-order valence-corrected chi connectivity index (χ4v) is 2.00. The fourth-order valence-electron chi connectivity index (χ4n) is 1.81. The quantitative estimate of drug-likeness (QED) is 0.516. The lowest BCUT2D eigenvalue weighted by Crippen LogP contribution is -2.29. The van der Waals surface area contributed by atoms with E-state index in [0.29, 0.717) is 17.2 Å². The third-order valence-electron chi connectivity index (χ3n) is 2.76. The van der Waals surface area contributed by atoms with E-state index in [1.165, 1.54) is 6.07 Å². The van der Waals surface area contributed by atoms with Crippen LogP contribution in [-0.2, 0) is 0 Å². The Labute approximate surface area is 122 Å². The van der Waals surface area contributed by atoms with Gasteiger partial charge in [-0.05, 0) is 43.8 Å². The topological polar surface area (TPSA) is 54.3 Å². The maximum atomic E-state index is 11.4. The Kier molecular flexibility index (Phi) is 4.20. The molecular weight excluding hydrogens is 272 g/mol. The van der Waals surface area contributed by atoms with Crippen molar-refractivity contribution in [1.29, 1.82) is 0 Å². The molecule has 0 aliphatic rings. The van der Waals surface area contributed by atoms with Gasteiger partial charge in [0.1, 0.15) is 5.58 Å². The molecule has 104 valence electrons. The second kappa shape index (κ2) is 5.88. The molecule has 20 heavy (non-hydrogen) atoms. The average Bonchev–Trinajstić information content (AvgIpc) is 2.35. The molecule has 0 aliphatic carbocycles. The smallest absolute Gasteiger partial charge is 0.336 e. The molecular formula is C15H16N2O2S. The van der Waals surface area contributed by atoms with Crippen LogP contribution in [-0.4, -0.2) is 11.7 Å². The fraction of sp³-hybridized carbons (Fsp3) is 0.200. The van der Waals surface area contributed by atoms with E-state index in [-0.39, 0.29) is 5.63 Å². The first-order valence-corrected chi connectivity index (χ1v) is 6.60. The van der Waals surface area contributed by atoms with Gasteiger partial charge in [0.05, 0.1) is 0 Å². The molecule has 2 N–H and O–H groups in total. The van der Waals surface area contributed by atoms with Crippen LogP contribution >= 0.6 is 12.2 Å². The van der Waals surface area contributed by atoms with Crippen molar-refractivity contribution in [2.24, 2.45) is 0 Å². The molecule has 5 heteroatoms. The largest absolute Gasteiger partial charge is 0.423 e. The van der Waals surface area contributed by atoms with Crippen molar-refractivity contribution in [2.75, 3.05) is 11.9 Å². The van der Waals surface area contributed by atoms with Gasteiger partial charge in [0.2, 0.25) is 0 Å². The average molecular weight is 288 g/mol. The summed E-state index contributed by atoms with van der Waals surface area (Å²) < 4.78 is 5.19. The second-order valence-corrected chi connectivity index (χ2v) is 5.13. The molecule has 0 saturated carbocycles. The molecule has 0 saturated heterocycles. The molecule has 0 bridgehead atoms. The summed E-state index contributed by atoms with van der Waals surface area (Å²) in [6.07, 6.45) is 0. The number of hydrogen-bond donors (Lipinski definition) is 2. The van der Waals surface area contributed by atoms with Gasteiger partial charge in [-0.1, -0.05) is 12.2 Å². The summed E-state index contributed by atoms with van der Waals surface area (Å²) >= 11 is 5.17. The minimum absolute atomic E-state index is 0.352. The molecule has 0 spiro atoms. The maximum Gasteiger partial charge on any atom is 0.336 e. The number of anilines is 1. The van der Waals surface area contributed by atoms with Crippen LogP contribution in [0.5, 0.6) is 0 Å². The molecule has 0 unspecified atom stereocenters. The van der Waals surface area contributed by atoms with Gasteiger partial charge in [0.15, 0.2) is 5.11 Å². The van der Waals surface area contributed by atoms with E-state index in [0.717, 1.165) is 22.2 Å². The van der Waals surface area contributed by atoms with Crippen molar-refractivity contribution in [2.45, 2.75) is 13.8 Å². The third kappa shape index (κ3) is 3.45. The van der Waals surface area contributed by atoms with E-state index in [1.54, 1.807) is 6.07 Å². The first kappa shape index (κ1) is 14.3. The lowest BCUT2D eigenvalue weighted by Gasteiger charge is -2.11. The van der Waals surface area contributed by atoms with Gasteiger partial charge in [-0.2, -0.15) is 0 Å². The van der Waals surface area contributed by atoms with Gasteiger partial charge in [-0.25, -0.2) is 4.79 Å². The monoisotopic (exact) mass is 288 g/mol. The molecule has 1 heterocycles. The Morgan fingerprint density at radius 2 is 2.15 bits per heavy atom. The summed E-state index contributed by atoms with van der Waals surface area (Å²) in [6, 6.07) is 7.04. The van der Waals surface area contributed by atoms with Crippen molar-refractivity contribution >= 4 is 34.0 Å². The molecule has 0 radical (unpaired) electrons. The normalized spacial score (nSPS) is 10.3. The number of thiocarbonyl (C=S) groups is 1. The van der Waals surface area contributed by atoms with Crippen LogP contribution in [0.2, 0.25) is 0 Å². The van der Waals surface area contributed by atoms with Gasteiger partial charge in [-0.15, -0.1) is 0 Å². The zero-order chi connectivity index (χ0) is 14.7. The molecule has 0 fully saturated rings. The highest BCUT2D eigenvalue weighted by molar-refractivity contribution is 7.80. The third-order valence-corrected chi connectivity index (χ3v) is 3.01. The van der Waals surface area contributed by atoms with E-state index in [9.17, 15) is 4.79 Å². The van der Waals surface area contributed by atoms with Crippen molar-refractivity contribution in [3.63, 3.8) is 0 Å². The SMILES string of the molecule is C=C(C)CNC(=S)Nc1ccc2c(C)cc(=O)oc2c1. The lowest BCUT2D eigenvalue weighted by molar-refractivity contribution is 0.560. The summed E-state index contributed by atoms with van der Waals surface area (Å²) in [5.74, 6) is 0. The van der Waals surface area contributed by atoms with Crippen LogP contribution < -0.4 is 16.3 Å². The van der Waals surface area contributed by atoms with Crippen LogP contribution in [0.15, 0.2) is 45.6 Å². The Balaban J connectivity index is 2.22. The Morgan fingerprint density at radius 1 is 1.40 bits per heavy atom. The van der Waals surface area contributed by atoms with Crippen molar-refractivity contribution in [3.05, 3.63) is 52.4 Å². The van der Waals surface area contributed by atoms with Gasteiger partial charge in [-0.3, -0.25) is 0 Å². The molecule has 1 aromatic heterocycles. The first-order chi connectivity index (χ1) is 9.45. The number of nitrogens with one attached hydrogen (secondary N) is 2. The van der Waals surface area contributed by atoms with Crippen LogP contribution in [0.4, 0.5) is 5.69 Å². The van der Waals surface area contributed by atoms with Crippen molar-refractivity contribution < 1.29 is 4.42 Å². The minimum atomic E-state index is -0.352. The van der Waals surface area contributed by atoms with Gasteiger partial charge >= 0.3 is 5.63 Å². The van der Waals surface area contributed by atoms with Crippen molar-refractivity contribution in [1.82, 2.24) is 5.32 Å². The first-order valence-electron chi connectivity index (χ1n) is 6.19. The molecule has 0 aliphatic heterocycles. The van der Waals surface area contributed by atoms with Gasteiger partial charge < -0.3 is 15.1 Å². The highest BCUT2D eigenvalue weighted by atomic mass is 32.1. The van der Waals surface area contributed by atoms with Gasteiger partial charge in [0.25, 0.3) is 0 Å². The standard InChI is InChI=1S/C15H16N2O2S/c1-9(2)8-16-15(20)17-11-4-5-12-10(3)6-14(18)19-13(12)7-11/h4-7H,1,8H2,2-3H3,(H2,16,17,20). The van der Waals surface area contributed by atoms with Gasteiger partial charge in [0, 0.05) is 29.8 Å². The highest BCUT2D eigenvalue weighted by Crippen LogP contribution is 2.20. The van der Waals surface area contributed by atoms with E-state index < -0.39 is 0 Å². The second-order valence-electron chi connectivity index (χ2n) is 4.72. The molecule has 2 rings (SSSR count). The number of fused-ring (bicyclic) bond motifs is 1. The molecule has 2 aromatic rings. The van der Waals surface area contributed by atoms with Crippen LogP contribution in [0.1, 0.15) is 12.5 Å². The summed E-state index contributed by atoms with van der Waals surface area (Å²) in [5, 5.41) is 7.49. The maximum absolute atomic E-state index is 11.4. The van der Waals surface area contributed by atoms with Crippen LogP contribution in [0.3, 0.4) is 0 Å². The Morgan fingerprint density at radius 3 is 2.85 bits per heavy atom. The summed E-state index contributed by atoms with van der Waals surface area (Å²) in [6.45, 7) is 8.21. The number of hydrogen-bond acceptors (Lipinski definition) is 3. The van der Waals surface area contributed by atoms with Crippen molar-refractivity contribution in [3.8, 4) is 0 Å². The van der Waals surface area contributed by atoms with Crippen LogP contribution in [0.25, 0.3) is 11.0 Å². The number of aryl methyl sites for hydroxylation is 1. The summed E-state index contributed by atoms with van der Waals surface area (Å²) in [7, 11) is 0. The Hall–Kier alpha value is -2.14. The van der Waals surface area contributed by atoms with E-state index in [1.807, 2.05) is 26.0 Å². The number of rotatable bonds is 3. The molecule has 0 atom stereocenters. The minimum Gasteiger partial charge on any atom is -0.423 e.